The van der Waals surface area contributed by atoms with Crippen LogP contribution >= 0.6 is 43.5 Å². The molecule has 0 aliphatic rings. The van der Waals surface area contributed by atoms with Crippen molar-refractivity contribution in [2.45, 2.75) is 0 Å². The third-order valence-corrected chi connectivity index (χ3v) is 3.76. The Hall–Kier alpha value is -1.02. The first-order valence-corrected chi connectivity index (χ1v) is 6.98. The first-order chi connectivity index (χ1) is 8.60. The molecule has 0 spiro atoms. The Morgan fingerprint density at radius 1 is 1.11 bits per heavy atom. The molecule has 18 heavy (non-hydrogen) atoms. The Kier molecular flexibility index (Phi) is 4.28. The third kappa shape index (κ3) is 3.05. The van der Waals surface area contributed by atoms with Crippen molar-refractivity contribution in [3.05, 3.63) is 55.9 Å². The average molecular weight is 386 g/mol. The summed E-state index contributed by atoms with van der Waals surface area (Å²) >= 11 is 12.8. The second-order valence-electron chi connectivity index (χ2n) is 3.56. The number of nitriles is 1. The topological polar surface area (TPSA) is 35.8 Å². The molecule has 0 amide bonds. The molecule has 0 bridgehead atoms. The molecule has 0 atom stereocenters. The van der Waals surface area contributed by atoms with Gasteiger partial charge in [-0.25, -0.2) is 0 Å². The van der Waals surface area contributed by atoms with Crippen LogP contribution in [0.3, 0.4) is 0 Å². The molecule has 0 fully saturated rings. The lowest BCUT2D eigenvalue weighted by Crippen LogP contribution is -1.92. The molecule has 0 saturated carbocycles. The van der Waals surface area contributed by atoms with E-state index in [1.807, 2.05) is 30.3 Å². The number of hydrogen-bond donors (Lipinski definition) is 1. The van der Waals surface area contributed by atoms with Gasteiger partial charge in [0.2, 0.25) is 0 Å². The monoisotopic (exact) mass is 384 g/mol. The first kappa shape index (κ1) is 13.4. The van der Waals surface area contributed by atoms with Crippen LogP contribution in [-0.4, -0.2) is 0 Å². The van der Waals surface area contributed by atoms with Gasteiger partial charge in [-0.2, -0.15) is 5.26 Å². The van der Waals surface area contributed by atoms with Crippen LogP contribution in [0.2, 0.25) is 5.02 Å². The van der Waals surface area contributed by atoms with E-state index >= 15 is 0 Å². The van der Waals surface area contributed by atoms with Crippen LogP contribution < -0.4 is 5.32 Å². The molecule has 2 aromatic carbocycles. The lowest BCUT2D eigenvalue weighted by atomic mass is 10.2. The maximum Gasteiger partial charge on any atom is 0.101 e. The fourth-order valence-electron chi connectivity index (χ4n) is 1.43. The second kappa shape index (κ2) is 5.75. The average Bonchev–Trinajstić information content (AvgIpc) is 2.33. The SMILES string of the molecule is N#Cc1ccc(Nc2ccc(Br)cc2Br)cc1Cl. The molecule has 2 rings (SSSR count). The number of halogens is 3. The summed E-state index contributed by atoms with van der Waals surface area (Å²) in [6.45, 7) is 0. The predicted octanol–water partition coefficient (Wildman–Crippen LogP) is 5.48. The molecule has 0 radical (unpaired) electrons. The number of hydrogen-bond acceptors (Lipinski definition) is 2. The Morgan fingerprint density at radius 3 is 2.50 bits per heavy atom. The van der Waals surface area contributed by atoms with Crippen molar-refractivity contribution in [3.63, 3.8) is 0 Å². The number of rotatable bonds is 2. The van der Waals surface area contributed by atoms with Gasteiger partial charge in [0, 0.05) is 14.6 Å². The van der Waals surface area contributed by atoms with Crippen LogP contribution in [0.5, 0.6) is 0 Å². The van der Waals surface area contributed by atoms with E-state index in [0.717, 1.165) is 20.3 Å². The maximum absolute atomic E-state index is 8.81. The number of anilines is 2. The van der Waals surface area contributed by atoms with E-state index in [1.54, 1.807) is 12.1 Å². The quantitative estimate of drug-likeness (QED) is 0.742. The summed E-state index contributed by atoms with van der Waals surface area (Å²) in [5, 5.41) is 12.5. The van der Waals surface area contributed by atoms with Gasteiger partial charge in [0.1, 0.15) is 6.07 Å². The smallest absolute Gasteiger partial charge is 0.101 e. The molecule has 0 heterocycles. The molecule has 0 aliphatic heterocycles. The van der Waals surface area contributed by atoms with Crippen LogP contribution in [0.1, 0.15) is 5.56 Å². The first-order valence-electron chi connectivity index (χ1n) is 5.02. The minimum Gasteiger partial charge on any atom is -0.355 e. The summed E-state index contributed by atoms with van der Waals surface area (Å²) in [5.41, 5.74) is 2.23. The molecule has 0 aromatic heterocycles. The molecular weight excluding hydrogens is 379 g/mol. The fraction of sp³-hybridized carbons (Fsp3) is 0. The second-order valence-corrected chi connectivity index (χ2v) is 5.73. The summed E-state index contributed by atoms with van der Waals surface area (Å²) in [5.74, 6) is 0. The van der Waals surface area contributed by atoms with E-state index in [4.69, 9.17) is 16.9 Å². The zero-order chi connectivity index (χ0) is 13.1. The van der Waals surface area contributed by atoms with Crippen molar-refractivity contribution in [2.24, 2.45) is 0 Å². The highest BCUT2D eigenvalue weighted by atomic mass is 79.9. The van der Waals surface area contributed by atoms with Crippen molar-refractivity contribution >= 4 is 54.8 Å². The van der Waals surface area contributed by atoms with Gasteiger partial charge in [-0.1, -0.05) is 27.5 Å². The normalized spacial score (nSPS) is 9.89. The maximum atomic E-state index is 8.81. The van der Waals surface area contributed by atoms with Gasteiger partial charge in [-0.15, -0.1) is 0 Å². The van der Waals surface area contributed by atoms with Crippen LogP contribution in [0, 0.1) is 11.3 Å². The Morgan fingerprint density at radius 2 is 1.89 bits per heavy atom. The zero-order valence-electron chi connectivity index (χ0n) is 9.05. The van der Waals surface area contributed by atoms with Gasteiger partial charge in [0.25, 0.3) is 0 Å². The Bertz CT molecular complexity index is 635. The minimum atomic E-state index is 0.440. The van der Waals surface area contributed by atoms with E-state index in [9.17, 15) is 0 Å². The van der Waals surface area contributed by atoms with Gasteiger partial charge in [0.05, 0.1) is 16.3 Å². The van der Waals surface area contributed by atoms with Crippen LogP contribution in [0.15, 0.2) is 45.3 Å². The number of nitrogens with zero attached hydrogens (tertiary/aromatic N) is 1. The van der Waals surface area contributed by atoms with E-state index in [2.05, 4.69) is 37.2 Å². The van der Waals surface area contributed by atoms with Crippen molar-refractivity contribution in [1.82, 2.24) is 0 Å². The molecule has 0 unspecified atom stereocenters. The summed E-state index contributed by atoms with van der Waals surface area (Å²) in [7, 11) is 0. The van der Waals surface area contributed by atoms with Crippen LogP contribution in [0.4, 0.5) is 11.4 Å². The molecule has 5 heteroatoms. The lowest BCUT2D eigenvalue weighted by molar-refractivity contribution is 1.47. The van der Waals surface area contributed by atoms with Gasteiger partial charge >= 0.3 is 0 Å². The summed E-state index contributed by atoms with van der Waals surface area (Å²) in [6.07, 6.45) is 0. The Balaban J connectivity index is 2.29. The molecular formula is C13H7Br2ClN2. The fourth-order valence-corrected chi connectivity index (χ4v) is 2.80. The van der Waals surface area contributed by atoms with E-state index in [-0.39, 0.29) is 0 Å². The highest BCUT2D eigenvalue weighted by Gasteiger charge is 2.04. The van der Waals surface area contributed by atoms with E-state index in [0.29, 0.717) is 10.6 Å². The molecule has 0 aliphatic carbocycles. The standard InChI is InChI=1S/C13H7Br2ClN2/c14-9-2-4-13(11(15)5-9)18-10-3-1-8(7-17)12(16)6-10/h1-6,18H. The van der Waals surface area contributed by atoms with Crippen LogP contribution in [-0.2, 0) is 0 Å². The number of benzene rings is 2. The van der Waals surface area contributed by atoms with Crippen molar-refractivity contribution < 1.29 is 0 Å². The van der Waals surface area contributed by atoms with Crippen molar-refractivity contribution in [1.29, 1.82) is 5.26 Å². The Labute approximate surface area is 127 Å². The molecule has 2 nitrogen and oxygen atoms in total. The van der Waals surface area contributed by atoms with E-state index in [1.165, 1.54) is 0 Å². The third-order valence-electron chi connectivity index (χ3n) is 2.30. The highest BCUT2D eigenvalue weighted by molar-refractivity contribution is 9.11. The van der Waals surface area contributed by atoms with Gasteiger partial charge < -0.3 is 5.32 Å². The largest absolute Gasteiger partial charge is 0.355 e. The molecule has 2 aromatic rings. The van der Waals surface area contributed by atoms with Crippen molar-refractivity contribution in [2.75, 3.05) is 5.32 Å². The minimum absolute atomic E-state index is 0.440. The summed E-state index contributed by atoms with van der Waals surface area (Å²) < 4.78 is 1.94. The van der Waals surface area contributed by atoms with E-state index < -0.39 is 0 Å². The molecule has 0 saturated heterocycles. The van der Waals surface area contributed by atoms with Gasteiger partial charge in [-0.3, -0.25) is 0 Å². The number of nitrogens with one attached hydrogen (secondary N) is 1. The summed E-state index contributed by atoms with van der Waals surface area (Å²) in [6, 6.07) is 13.1. The highest BCUT2D eigenvalue weighted by Crippen LogP contribution is 2.30. The molecule has 1 N–H and O–H groups in total. The summed E-state index contributed by atoms with van der Waals surface area (Å²) in [4.78, 5) is 0. The van der Waals surface area contributed by atoms with Gasteiger partial charge in [0.15, 0.2) is 0 Å². The van der Waals surface area contributed by atoms with Crippen LogP contribution in [0.25, 0.3) is 0 Å². The molecule has 90 valence electrons. The van der Waals surface area contributed by atoms with Gasteiger partial charge in [-0.05, 0) is 52.3 Å². The lowest BCUT2D eigenvalue weighted by Gasteiger charge is -2.09. The zero-order valence-corrected chi connectivity index (χ0v) is 13.0. The predicted molar refractivity (Wildman–Crippen MR) is 81.3 cm³/mol. The van der Waals surface area contributed by atoms with Crippen molar-refractivity contribution in [3.8, 4) is 6.07 Å².